The molecule has 150 valence electrons. The predicted molar refractivity (Wildman–Crippen MR) is 117 cm³/mol. The normalized spacial score (nSPS) is 11.8. The van der Waals surface area contributed by atoms with Gasteiger partial charge in [0.15, 0.2) is 5.78 Å². The number of hydrogen-bond donors (Lipinski definition) is 2. The molecule has 3 rings (SSSR count). The molecule has 29 heavy (non-hydrogen) atoms. The number of carbonyl (C=O) groups is 2. The fourth-order valence-electron chi connectivity index (χ4n) is 3.09. The minimum Gasteiger partial charge on any atom is -0.388 e. The molecule has 0 aliphatic rings. The van der Waals surface area contributed by atoms with Crippen LogP contribution in [0.5, 0.6) is 0 Å². The zero-order chi connectivity index (χ0) is 20.8. The molecule has 0 saturated carbocycles. The summed E-state index contributed by atoms with van der Waals surface area (Å²) in [6.45, 7) is 3.66. The van der Waals surface area contributed by atoms with E-state index in [-0.39, 0.29) is 17.4 Å². The van der Waals surface area contributed by atoms with Crippen molar-refractivity contribution in [2.45, 2.75) is 20.0 Å². The summed E-state index contributed by atoms with van der Waals surface area (Å²) >= 11 is 1.40. The molecule has 0 aliphatic heterocycles. The van der Waals surface area contributed by atoms with Gasteiger partial charge in [0.2, 0.25) is 0 Å². The van der Waals surface area contributed by atoms with Crippen molar-refractivity contribution in [2.75, 3.05) is 16.9 Å². The summed E-state index contributed by atoms with van der Waals surface area (Å²) in [4.78, 5) is 25.1. The minimum atomic E-state index is -0.605. The van der Waals surface area contributed by atoms with Gasteiger partial charge in [-0.3, -0.25) is 19.7 Å². The number of aliphatic hydroxyl groups is 1. The van der Waals surface area contributed by atoms with E-state index in [4.69, 9.17) is 0 Å². The SMILES string of the molecule is Cc1cc(C(=O)CSCC(O)c2ccccc2)c(C)n1NC(=O)c1ccccc1. The molecule has 0 spiro atoms. The number of hydrogen-bond acceptors (Lipinski definition) is 4. The summed E-state index contributed by atoms with van der Waals surface area (Å²) in [6, 6.07) is 20.1. The number of nitrogens with zero attached hydrogens (tertiary/aromatic N) is 1. The van der Waals surface area contributed by atoms with E-state index in [0.29, 0.717) is 22.6 Å². The molecule has 1 atom stereocenters. The van der Waals surface area contributed by atoms with Gasteiger partial charge >= 0.3 is 0 Å². The van der Waals surface area contributed by atoms with Crippen molar-refractivity contribution in [2.24, 2.45) is 0 Å². The smallest absolute Gasteiger partial charge is 0.270 e. The molecule has 0 bridgehead atoms. The summed E-state index contributed by atoms with van der Waals surface area (Å²) in [6.07, 6.45) is -0.605. The number of nitrogens with one attached hydrogen (secondary N) is 1. The van der Waals surface area contributed by atoms with E-state index in [9.17, 15) is 14.7 Å². The molecule has 1 heterocycles. The number of amides is 1. The van der Waals surface area contributed by atoms with Gasteiger partial charge < -0.3 is 5.11 Å². The van der Waals surface area contributed by atoms with Gasteiger partial charge in [0.1, 0.15) is 0 Å². The van der Waals surface area contributed by atoms with Crippen molar-refractivity contribution in [3.05, 3.63) is 94.8 Å². The molecule has 2 aromatic carbocycles. The molecule has 0 radical (unpaired) electrons. The van der Waals surface area contributed by atoms with Crippen LogP contribution >= 0.6 is 11.8 Å². The van der Waals surface area contributed by atoms with Crippen molar-refractivity contribution in [3.63, 3.8) is 0 Å². The Balaban J connectivity index is 1.61. The van der Waals surface area contributed by atoms with E-state index in [2.05, 4.69) is 5.43 Å². The molecule has 1 amide bonds. The van der Waals surface area contributed by atoms with Crippen molar-refractivity contribution in [1.29, 1.82) is 0 Å². The first-order chi connectivity index (χ1) is 14.0. The molecule has 5 nitrogen and oxygen atoms in total. The Kier molecular flexibility index (Phi) is 6.90. The van der Waals surface area contributed by atoms with Gasteiger partial charge in [-0.15, -0.1) is 0 Å². The quantitative estimate of drug-likeness (QED) is 0.550. The number of Topliss-reactive ketones (excluding diaryl/α,β-unsaturated/α-hetero) is 1. The second-order valence-electron chi connectivity index (χ2n) is 6.79. The number of aliphatic hydroxyl groups excluding tert-OH is 1. The van der Waals surface area contributed by atoms with E-state index in [1.165, 1.54) is 11.8 Å². The topological polar surface area (TPSA) is 71.3 Å². The number of aromatic nitrogens is 1. The molecule has 1 aromatic heterocycles. The number of thioether (sulfide) groups is 1. The average Bonchev–Trinajstić information content (AvgIpc) is 3.03. The fourth-order valence-corrected chi connectivity index (χ4v) is 3.96. The van der Waals surface area contributed by atoms with Crippen LogP contribution in [-0.2, 0) is 0 Å². The highest BCUT2D eigenvalue weighted by Gasteiger charge is 2.18. The molecule has 2 N–H and O–H groups in total. The van der Waals surface area contributed by atoms with Crippen LogP contribution in [0.25, 0.3) is 0 Å². The zero-order valence-electron chi connectivity index (χ0n) is 16.5. The largest absolute Gasteiger partial charge is 0.388 e. The molecule has 0 saturated heterocycles. The lowest BCUT2D eigenvalue weighted by Crippen LogP contribution is -2.25. The lowest BCUT2D eigenvalue weighted by Gasteiger charge is -2.12. The van der Waals surface area contributed by atoms with E-state index >= 15 is 0 Å². The number of benzene rings is 2. The Hall–Kier alpha value is -2.83. The molecular formula is C23H24N2O3S. The van der Waals surface area contributed by atoms with Gasteiger partial charge in [0.25, 0.3) is 5.91 Å². The maximum absolute atomic E-state index is 12.7. The summed E-state index contributed by atoms with van der Waals surface area (Å²) in [7, 11) is 0. The molecule has 1 unspecified atom stereocenters. The number of carbonyl (C=O) groups excluding carboxylic acids is 2. The van der Waals surface area contributed by atoms with Crippen molar-refractivity contribution >= 4 is 23.5 Å². The lowest BCUT2D eigenvalue weighted by molar-refractivity contribution is 0.0998. The highest BCUT2D eigenvalue weighted by Crippen LogP contribution is 2.21. The minimum absolute atomic E-state index is 0.0245. The van der Waals surface area contributed by atoms with E-state index in [1.54, 1.807) is 35.0 Å². The van der Waals surface area contributed by atoms with Gasteiger partial charge in [0.05, 0.1) is 11.9 Å². The van der Waals surface area contributed by atoms with Crippen molar-refractivity contribution in [1.82, 2.24) is 4.68 Å². The van der Waals surface area contributed by atoms with Crippen LogP contribution in [-0.4, -0.2) is 33.0 Å². The standard InChI is InChI=1S/C23H24N2O3S/c1-16-13-20(17(2)25(16)24-23(28)19-11-7-4-8-12-19)22(27)15-29-14-21(26)18-9-5-3-6-10-18/h3-13,21,26H,14-15H2,1-2H3,(H,24,28). The van der Waals surface area contributed by atoms with Gasteiger partial charge in [0, 0.05) is 28.3 Å². The number of aryl methyl sites for hydroxylation is 1. The Morgan fingerprint density at radius 3 is 2.31 bits per heavy atom. The van der Waals surface area contributed by atoms with Crippen LogP contribution in [0.15, 0.2) is 66.7 Å². The summed E-state index contributed by atoms with van der Waals surface area (Å²) in [5.41, 5.74) is 6.30. The Labute approximate surface area is 174 Å². The van der Waals surface area contributed by atoms with Crippen molar-refractivity contribution < 1.29 is 14.7 Å². The summed E-state index contributed by atoms with van der Waals surface area (Å²) in [5.74, 6) is 0.454. The second-order valence-corrected chi connectivity index (χ2v) is 7.82. The van der Waals surface area contributed by atoms with Crippen LogP contribution in [0, 0.1) is 13.8 Å². The maximum atomic E-state index is 12.7. The van der Waals surface area contributed by atoms with E-state index in [0.717, 1.165) is 11.3 Å². The van der Waals surface area contributed by atoms with E-state index in [1.807, 2.05) is 50.2 Å². The van der Waals surface area contributed by atoms with Crippen LogP contribution in [0.2, 0.25) is 0 Å². The average molecular weight is 409 g/mol. The molecule has 0 fully saturated rings. The third-order valence-corrected chi connectivity index (χ3v) is 5.69. The predicted octanol–water partition coefficient (Wildman–Crippen LogP) is 4.14. The molecular weight excluding hydrogens is 384 g/mol. The Morgan fingerprint density at radius 1 is 1.03 bits per heavy atom. The number of rotatable bonds is 8. The van der Waals surface area contributed by atoms with Crippen molar-refractivity contribution in [3.8, 4) is 0 Å². The first-order valence-corrected chi connectivity index (χ1v) is 10.5. The second kappa shape index (κ2) is 9.58. The third-order valence-electron chi connectivity index (χ3n) is 4.67. The van der Waals surface area contributed by atoms with Crippen LogP contribution in [0.4, 0.5) is 0 Å². The molecule has 0 aliphatic carbocycles. The Morgan fingerprint density at radius 2 is 1.66 bits per heavy atom. The highest BCUT2D eigenvalue weighted by atomic mass is 32.2. The maximum Gasteiger partial charge on any atom is 0.270 e. The van der Waals surface area contributed by atoms with Gasteiger partial charge in [-0.05, 0) is 37.6 Å². The zero-order valence-corrected chi connectivity index (χ0v) is 17.3. The Bertz CT molecular complexity index is 984. The fraction of sp³-hybridized carbons (Fsp3) is 0.217. The lowest BCUT2D eigenvalue weighted by atomic mass is 10.1. The van der Waals surface area contributed by atoms with Crippen LogP contribution in [0.3, 0.4) is 0 Å². The molecule has 3 aromatic rings. The monoisotopic (exact) mass is 408 g/mol. The van der Waals surface area contributed by atoms with Crippen LogP contribution in [0.1, 0.15) is 43.8 Å². The van der Waals surface area contributed by atoms with Gasteiger partial charge in [-0.1, -0.05) is 48.5 Å². The molecule has 6 heteroatoms. The first-order valence-electron chi connectivity index (χ1n) is 9.36. The number of ketones is 1. The van der Waals surface area contributed by atoms with E-state index < -0.39 is 6.10 Å². The first kappa shape index (κ1) is 20.9. The summed E-state index contributed by atoms with van der Waals surface area (Å²) in [5, 5.41) is 10.2. The van der Waals surface area contributed by atoms with Crippen LogP contribution < -0.4 is 5.43 Å². The third kappa shape index (κ3) is 5.16. The summed E-state index contributed by atoms with van der Waals surface area (Å²) < 4.78 is 1.64. The highest BCUT2D eigenvalue weighted by molar-refractivity contribution is 8.00. The van der Waals surface area contributed by atoms with Gasteiger partial charge in [-0.25, -0.2) is 0 Å². The van der Waals surface area contributed by atoms with Gasteiger partial charge in [-0.2, -0.15) is 11.8 Å².